The number of ether oxygens (including phenoxy) is 2. The number of nitrogens with zero attached hydrogens (tertiary/aromatic N) is 1. The van der Waals surface area contributed by atoms with Crippen molar-refractivity contribution in [3.8, 4) is 11.5 Å². The van der Waals surface area contributed by atoms with Crippen LogP contribution < -0.4 is 14.4 Å². The van der Waals surface area contributed by atoms with Gasteiger partial charge in [0.25, 0.3) is 5.91 Å². The zero-order valence-corrected chi connectivity index (χ0v) is 16.9. The fourth-order valence-corrected chi connectivity index (χ4v) is 3.73. The maximum absolute atomic E-state index is 13.0. The van der Waals surface area contributed by atoms with Gasteiger partial charge in [0.05, 0.1) is 31.9 Å². The highest BCUT2D eigenvalue weighted by atomic mass is 79.9. The number of Topliss-reactive ketones (excluding diaryl/α,β-unsaturated/α-hetero) is 1. The van der Waals surface area contributed by atoms with Crippen molar-refractivity contribution in [2.75, 3.05) is 25.7 Å². The lowest BCUT2D eigenvalue weighted by Crippen LogP contribution is -2.41. The molecule has 0 radical (unpaired) electrons. The molecule has 2 aromatic carbocycles. The number of anilines is 1. The molecule has 142 valence electrons. The van der Waals surface area contributed by atoms with Gasteiger partial charge in [-0.2, -0.15) is 0 Å². The van der Waals surface area contributed by atoms with Crippen molar-refractivity contribution < 1.29 is 24.2 Å². The van der Waals surface area contributed by atoms with Gasteiger partial charge < -0.3 is 19.5 Å². The second kappa shape index (κ2) is 7.32. The van der Waals surface area contributed by atoms with Crippen molar-refractivity contribution in [2.24, 2.45) is 0 Å². The second-order valence-corrected chi connectivity index (χ2v) is 7.15. The Hall–Kier alpha value is -2.38. The normalized spacial score (nSPS) is 18.4. The van der Waals surface area contributed by atoms with Gasteiger partial charge >= 0.3 is 0 Å². The Kier molecular flexibility index (Phi) is 5.26. The number of likely N-dealkylation sites (N-methyl/N-ethyl adjacent to an activating group) is 1. The first kappa shape index (κ1) is 19.4. The molecule has 0 aliphatic carbocycles. The minimum atomic E-state index is -1.92. The van der Waals surface area contributed by atoms with Crippen LogP contribution in [0.15, 0.2) is 40.9 Å². The van der Waals surface area contributed by atoms with Crippen molar-refractivity contribution in [1.29, 1.82) is 0 Å². The van der Waals surface area contributed by atoms with Crippen molar-refractivity contribution in [3.63, 3.8) is 0 Å². The van der Waals surface area contributed by atoms with E-state index in [9.17, 15) is 14.7 Å². The molecule has 0 aromatic heterocycles. The van der Waals surface area contributed by atoms with E-state index >= 15 is 0 Å². The topological polar surface area (TPSA) is 76.1 Å². The first-order valence-corrected chi connectivity index (χ1v) is 9.24. The molecule has 0 spiro atoms. The number of ketones is 1. The van der Waals surface area contributed by atoms with Gasteiger partial charge in [0.15, 0.2) is 11.4 Å². The monoisotopic (exact) mass is 433 g/mol. The van der Waals surface area contributed by atoms with Crippen molar-refractivity contribution in [1.82, 2.24) is 0 Å². The van der Waals surface area contributed by atoms with Gasteiger partial charge in [-0.25, -0.2) is 0 Å². The fraction of sp³-hybridized carbons (Fsp3) is 0.300. The Morgan fingerprint density at radius 1 is 1.19 bits per heavy atom. The standard InChI is InChI=1S/C20H20BrNO5/c1-4-22-16-8-5-12(21)9-15(16)20(25,19(22)24)11-17(23)14-7-6-13(26-2)10-18(14)27-3/h5-10,25H,4,11H2,1-3H3/t20-/m0/s1. The Balaban J connectivity index is 2.01. The molecule has 0 fully saturated rings. The Morgan fingerprint density at radius 2 is 1.93 bits per heavy atom. The van der Waals surface area contributed by atoms with E-state index in [0.717, 1.165) is 4.47 Å². The maximum atomic E-state index is 13.0. The number of amides is 1. The summed E-state index contributed by atoms with van der Waals surface area (Å²) in [5.74, 6) is -0.0196. The van der Waals surface area contributed by atoms with Crippen LogP contribution in [0.2, 0.25) is 0 Å². The van der Waals surface area contributed by atoms with Crippen LogP contribution in [0.4, 0.5) is 5.69 Å². The molecule has 1 amide bonds. The fourth-order valence-electron chi connectivity index (χ4n) is 3.36. The van der Waals surface area contributed by atoms with Crippen LogP contribution in [0.5, 0.6) is 11.5 Å². The van der Waals surface area contributed by atoms with Crippen molar-refractivity contribution in [3.05, 3.63) is 52.0 Å². The molecule has 0 saturated carbocycles. The summed E-state index contributed by atoms with van der Waals surface area (Å²) in [6.07, 6.45) is -0.380. The summed E-state index contributed by atoms with van der Waals surface area (Å²) >= 11 is 3.37. The first-order valence-electron chi connectivity index (χ1n) is 8.45. The number of methoxy groups -OCH3 is 2. The van der Waals surface area contributed by atoms with Gasteiger partial charge in [0, 0.05) is 22.6 Å². The predicted octanol–water partition coefficient (Wildman–Crippen LogP) is 3.29. The van der Waals surface area contributed by atoms with E-state index in [0.29, 0.717) is 29.3 Å². The molecular formula is C20H20BrNO5. The highest BCUT2D eigenvalue weighted by Crippen LogP contribution is 2.44. The third-order valence-electron chi connectivity index (χ3n) is 4.74. The third kappa shape index (κ3) is 3.21. The predicted molar refractivity (Wildman–Crippen MR) is 105 cm³/mol. The van der Waals surface area contributed by atoms with E-state index in [1.807, 2.05) is 6.92 Å². The Labute approximate surface area is 165 Å². The summed E-state index contributed by atoms with van der Waals surface area (Å²) in [5.41, 5.74) is -0.602. The number of fused-ring (bicyclic) bond motifs is 1. The molecule has 0 saturated heterocycles. The number of carbonyl (C=O) groups excluding carboxylic acids is 2. The number of hydrogen-bond donors (Lipinski definition) is 1. The SMILES string of the molecule is CCN1C(=O)[C@](O)(CC(=O)c2ccc(OC)cc2OC)c2cc(Br)ccc21. The molecule has 1 N–H and O–H groups in total. The molecule has 1 aliphatic heterocycles. The first-order chi connectivity index (χ1) is 12.8. The van der Waals surface area contributed by atoms with E-state index in [4.69, 9.17) is 9.47 Å². The van der Waals surface area contributed by atoms with Gasteiger partial charge in [-0.05, 0) is 37.3 Å². The van der Waals surface area contributed by atoms with Gasteiger partial charge in [0.1, 0.15) is 11.5 Å². The summed E-state index contributed by atoms with van der Waals surface area (Å²) in [7, 11) is 2.97. The lowest BCUT2D eigenvalue weighted by molar-refractivity contribution is -0.135. The maximum Gasteiger partial charge on any atom is 0.264 e. The number of rotatable bonds is 6. The molecule has 1 atom stereocenters. The van der Waals surface area contributed by atoms with Gasteiger partial charge in [-0.15, -0.1) is 0 Å². The molecule has 7 heteroatoms. The van der Waals surface area contributed by atoms with Crippen molar-refractivity contribution >= 4 is 33.3 Å². The van der Waals surface area contributed by atoms with Gasteiger partial charge in [0.2, 0.25) is 0 Å². The lowest BCUT2D eigenvalue weighted by Gasteiger charge is -2.22. The Bertz CT molecular complexity index is 913. The zero-order valence-electron chi connectivity index (χ0n) is 15.3. The molecule has 6 nitrogen and oxygen atoms in total. The molecule has 0 bridgehead atoms. The van der Waals surface area contributed by atoms with Crippen LogP contribution in [0.1, 0.15) is 29.3 Å². The summed E-state index contributed by atoms with van der Waals surface area (Å²) in [6.45, 7) is 2.22. The van der Waals surface area contributed by atoms with Gasteiger partial charge in [-0.3, -0.25) is 9.59 Å². The smallest absolute Gasteiger partial charge is 0.264 e. The van der Waals surface area contributed by atoms with E-state index in [1.54, 1.807) is 36.4 Å². The van der Waals surface area contributed by atoms with Gasteiger partial charge in [-0.1, -0.05) is 15.9 Å². The number of hydrogen-bond acceptors (Lipinski definition) is 5. The zero-order chi connectivity index (χ0) is 19.8. The molecule has 2 aromatic rings. The Morgan fingerprint density at radius 3 is 2.56 bits per heavy atom. The van der Waals surface area contributed by atoms with Crippen LogP contribution in [-0.4, -0.2) is 37.6 Å². The minimum absolute atomic E-state index is 0.283. The van der Waals surface area contributed by atoms with E-state index < -0.39 is 17.3 Å². The summed E-state index contributed by atoms with van der Waals surface area (Å²) < 4.78 is 11.1. The average Bonchev–Trinajstić information content (AvgIpc) is 2.87. The lowest BCUT2D eigenvalue weighted by atomic mass is 9.88. The average molecular weight is 434 g/mol. The van der Waals surface area contributed by atoms with Crippen LogP contribution in [-0.2, 0) is 10.4 Å². The highest BCUT2D eigenvalue weighted by molar-refractivity contribution is 9.10. The number of carbonyl (C=O) groups is 2. The highest BCUT2D eigenvalue weighted by Gasteiger charge is 2.50. The summed E-state index contributed by atoms with van der Waals surface area (Å²) in [5, 5.41) is 11.2. The van der Waals surface area contributed by atoms with E-state index in [-0.39, 0.29) is 12.0 Å². The summed E-state index contributed by atoms with van der Waals surface area (Å²) in [6, 6.07) is 10.0. The third-order valence-corrected chi connectivity index (χ3v) is 5.23. The second-order valence-electron chi connectivity index (χ2n) is 6.24. The summed E-state index contributed by atoms with van der Waals surface area (Å²) in [4.78, 5) is 27.3. The minimum Gasteiger partial charge on any atom is -0.497 e. The number of halogens is 1. The van der Waals surface area contributed by atoms with Crippen molar-refractivity contribution in [2.45, 2.75) is 18.9 Å². The molecule has 27 heavy (non-hydrogen) atoms. The molecular weight excluding hydrogens is 414 g/mol. The largest absolute Gasteiger partial charge is 0.497 e. The molecule has 1 aliphatic rings. The molecule has 0 unspecified atom stereocenters. The van der Waals surface area contributed by atoms with Crippen LogP contribution in [0.3, 0.4) is 0 Å². The van der Waals surface area contributed by atoms with Crippen LogP contribution >= 0.6 is 15.9 Å². The van der Waals surface area contributed by atoms with Crippen LogP contribution in [0.25, 0.3) is 0 Å². The molecule has 1 heterocycles. The van der Waals surface area contributed by atoms with Crippen LogP contribution in [0, 0.1) is 0 Å². The quantitative estimate of drug-likeness (QED) is 0.707. The molecule has 3 rings (SSSR count). The number of benzene rings is 2. The van der Waals surface area contributed by atoms with E-state index in [2.05, 4.69) is 15.9 Å². The number of aliphatic hydroxyl groups is 1. The van der Waals surface area contributed by atoms with E-state index in [1.165, 1.54) is 19.1 Å².